The third-order valence-corrected chi connectivity index (χ3v) is 3.78. The number of hydrogen-bond acceptors (Lipinski definition) is 4. The van der Waals surface area contributed by atoms with E-state index < -0.39 is 28.9 Å². The van der Waals surface area contributed by atoms with E-state index in [1.807, 2.05) is 0 Å². The minimum atomic E-state index is -4.48. The molecule has 1 heterocycles. The molecule has 0 aliphatic carbocycles. The van der Waals surface area contributed by atoms with Crippen molar-refractivity contribution in [3.8, 4) is 0 Å². The second-order valence-corrected chi connectivity index (χ2v) is 5.18. The van der Waals surface area contributed by atoms with Crippen molar-refractivity contribution in [3.63, 3.8) is 0 Å². The van der Waals surface area contributed by atoms with E-state index in [9.17, 15) is 22.8 Å². The summed E-state index contributed by atoms with van der Waals surface area (Å²) in [5.74, 6) is -1.45. The predicted molar refractivity (Wildman–Crippen MR) is 71.0 cm³/mol. The zero-order valence-corrected chi connectivity index (χ0v) is 11.6. The van der Waals surface area contributed by atoms with Crippen LogP contribution >= 0.6 is 11.8 Å². The highest BCUT2D eigenvalue weighted by atomic mass is 32.2. The van der Waals surface area contributed by atoms with Crippen molar-refractivity contribution in [2.24, 2.45) is 4.99 Å². The number of amides is 1. The summed E-state index contributed by atoms with van der Waals surface area (Å²) >= 11 is 0.798. The molecule has 0 fully saturated rings. The molecule has 4 nitrogen and oxygen atoms in total. The lowest BCUT2D eigenvalue weighted by Crippen LogP contribution is -2.25. The van der Waals surface area contributed by atoms with E-state index in [2.05, 4.69) is 4.99 Å². The van der Waals surface area contributed by atoms with E-state index in [-0.39, 0.29) is 17.2 Å². The van der Waals surface area contributed by atoms with Crippen LogP contribution in [-0.2, 0) is 20.5 Å². The summed E-state index contributed by atoms with van der Waals surface area (Å²) < 4.78 is 42.7. The first-order chi connectivity index (χ1) is 9.82. The highest BCUT2D eigenvalue weighted by molar-refractivity contribution is 8.16. The minimum absolute atomic E-state index is 0.0872. The Morgan fingerprint density at radius 3 is 2.76 bits per heavy atom. The fourth-order valence-corrected chi connectivity index (χ4v) is 2.62. The maximum absolute atomic E-state index is 12.6. The minimum Gasteiger partial charge on any atom is -0.465 e. The number of thioether (sulfide) groups is 1. The highest BCUT2D eigenvalue weighted by Gasteiger charge is 2.37. The van der Waals surface area contributed by atoms with Crippen LogP contribution in [0.3, 0.4) is 0 Å². The molecule has 0 radical (unpaired) electrons. The first-order valence-corrected chi connectivity index (χ1v) is 6.84. The van der Waals surface area contributed by atoms with Gasteiger partial charge in [-0.3, -0.25) is 9.59 Å². The van der Waals surface area contributed by atoms with Gasteiger partial charge in [-0.05, 0) is 19.1 Å². The molecule has 0 aromatic heterocycles. The SMILES string of the molecule is CCOC(=O)C1SC(c2cccc(C(F)(F)F)c2)=NC1=O. The summed E-state index contributed by atoms with van der Waals surface area (Å²) in [7, 11) is 0. The van der Waals surface area contributed by atoms with Crippen LogP contribution in [0.1, 0.15) is 18.1 Å². The van der Waals surface area contributed by atoms with Crippen LogP contribution in [0.4, 0.5) is 13.2 Å². The van der Waals surface area contributed by atoms with Gasteiger partial charge in [0.25, 0.3) is 5.91 Å². The molecule has 0 bridgehead atoms. The Kier molecular flexibility index (Phi) is 4.36. The lowest BCUT2D eigenvalue weighted by Gasteiger charge is -2.09. The Balaban J connectivity index is 2.23. The van der Waals surface area contributed by atoms with Crippen LogP contribution < -0.4 is 0 Å². The maximum atomic E-state index is 12.6. The van der Waals surface area contributed by atoms with Crippen LogP contribution in [-0.4, -0.2) is 28.8 Å². The molecule has 112 valence electrons. The Morgan fingerprint density at radius 2 is 2.14 bits per heavy atom. The van der Waals surface area contributed by atoms with E-state index in [1.165, 1.54) is 12.1 Å². The standard InChI is InChI=1S/C13H10F3NO3S/c1-2-20-12(19)9-10(18)17-11(21-9)7-4-3-5-8(6-7)13(14,15)16/h3-6,9H,2H2,1H3. The third-order valence-electron chi connectivity index (χ3n) is 2.60. The number of carbonyl (C=O) groups excluding carboxylic acids is 2. The van der Waals surface area contributed by atoms with Crippen LogP contribution in [0.15, 0.2) is 29.3 Å². The molecule has 8 heteroatoms. The summed E-state index contributed by atoms with van der Waals surface area (Å²) in [6.07, 6.45) is -4.48. The molecule has 21 heavy (non-hydrogen) atoms. The Morgan fingerprint density at radius 1 is 1.43 bits per heavy atom. The first kappa shape index (κ1) is 15.6. The van der Waals surface area contributed by atoms with Crippen molar-refractivity contribution in [3.05, 3.63) is 35.4 Å². The van der Waals surface area contributed by atoms with Crippen molar-refractivity contribution in [2.75, 3.05) is 6.61 Å². The maximum Gasteiger partial charge on any atom is 0.416 e. The second kappa shape index (κ2) is 5.88. The van der Waals surface area contributed by atoms with Crippen molar-refractivity contribution in [1.82, 2.24) is 0 Å². The normalized spacial score (nSPS) is 18.6. The number of nitrogens with zero attached hydrogens (tertiary/aromatic N) is 1. The quantitative estimate of drug-likeness (QED) is 0.635. The van der Waals surface area contributed by atoms with Crippen molar-refractivity contribution < 1.29 is 27.5 Å². The summed E-state index contributed by atoms with van der Waals surface area (Å²) in [5, 5.41) is -1.06. The number of alkyl halides is 3. The summed E-state index contributed by atoms with van der Waals surface area (Å²) in [6.45, 7) is 1.71. The number of rotatable bonds is 3. The number of benzene rings is 1. The number of ether oxygens (including phenoxy) is 1. The van der Waals surface area contributed by atoms with Gasteiger partial charge in [0.1, 0.15) is 5.04 Å². The van der Waals surface area contributed by atoms with Gasteiger partial charge in [-0.25, -0.2) is 4.99 Å². The van der Waals surface area contributed by atoms with E-state index in [0.29, 0.717) is 0 Å². The fraction of sp³-hybridized carbons (Fsp3) is 0.308. The Hall–Kier alpha value is -1.83. The summed E-state index contributed by atoms with van der Waals surface area (Å²) in [6, 6.07) is 4.45. The van der Waals surface area contributed by atoms with E-state index in [0.717, 1.165) is 23.9 Å². The number of carbonyl (C=O) groups is 2. The molecule has 0 spiro atoms. The molecule has 2 rings (SSSR count). The zero-order valence-electron chi connectivity index (χ0n) is 10.8. The van der Waals surface area contributed by atoms with Crippen LogP contribution in [0, 0.1) is 0 Å². The molecule has 1 atom stereocenters. The van der Waals surface area contributed by atoms with Gasteiger partial charge in [0.05, 0.1) is 12.2 Å². The van der Waals surface area contributed by atoms with E-state index >= 15 is 0 Å². The summed E-state index contributed by atoms with van der Waals surface area (Å²) in [5.41, 5.74) is -0.690. The van der Waals surface area contributed by atoms with E-state index in [4.69, 9.17) is 4.74 Å². The molecule has 0 N–H and O–H groups in total. The smallest absolute Gasteiger partial charge is 0.416 e. The van der Waals surface area contributed by atoms with E-state index in [1.54, 1.807) is 6.92 Å². The number of esters is 1. The molecule has 0 saturated carbocycles. The summed E-state index contributed by atoms with van der Waals surface area (Å²) in [4.78, 5) is 26.8. The Bertz CT molecular complexity index is 613. The largest absolute Gasteiger partial charge is 0.465 e. The van der Waals surface area contributed by atoms with Gasteiger partial charge >= 0.3 is 12.1 Å². The molecule has 1 aliphatic rings. The third kappa shape index (κ3) is 3.44. The second-order valence-electron chi connectivity index (χ2n) is 4.08. The molecule has 1 aliphatic heterocycles. The van der Waals surface area contributed by atoms with Crippen LogP contribution in [0.25, 0.3) is 0 Å². The van der Waals surface area contributed by atoms with Gasteiger partial charge in [0.15, 0.2) is 5.25 Å². The Labute approximate surface area is 122 Å². The highest BCUT2D eigenvalue weighted by Crippen LogP contribution is 2.32. The molecular weight excluding hydrogens is 307 g/mol. The van der Waals surface area contributed by atoms with Gasteiger partial charge in [0.2, 0.25) is 0 Å². The lowest BCUT2D eigenvalue weighted by atomic mass is 10.1. The van der Waals surface area contributed by atoms with Gasteiger partial charge < -0.3 is 4.74 Å². The van der Waals surface area contributed by atoms with Crippen molar-refractivity contribution in [2.45, 2.75) is 18.3 Å². The molecule has 1 aromatic carbocycles. The topological polar surface area (TPSA) is 55.7 Å². The van der Waals surface area contributed by atoms with Gasteiger partial charge in [0, 0.05) is 5.56 Å². The molecule has 1 aromatic rings. The number of hydrogen-bond donors (Lipinski definition) is 0. The predicted octanol–water partition coefficient (Wildman–Crippen LogP) is 2.66. The van der Waals surface area contributed by atoms with Crippen LogP contribution in [0.5, 0.6) is 0 Å². The van der Waals surface area contributed by atoms with Gasteiger partial charge in [-0.1, -0.05) is 23.9 Å². The first-order valence-electron chi connectivity index (χ1n) is 5.96. The zero-order chi connectivity index (χ0) is 15.6. The average Bonchev–Trinajstić information content (AvgIpc) is 2.80. The fourth-order valence-electron chi connectivity index (χ4n) is 1.68. The lowest BCUT2D eigenvalue weighted by molar-refractivity contribution is -0.144. The van der Waals surface area contributed by atoms with Crippen molar-refractivity contribution in [1.29, 1.82) is 0 Å². The number of halogens is 3. The molecule has 0 saturated heterocycles. The average molecular weight is 317 g/mol. The molecular formula is C13H10F3NO3S. The van der Waals surface area contributed by atoms with Crippen molar-refractivity contribution >= 4 is 28.7 Å². The van der Waals surface area contributed by atoms with Gasteiger partial charge in [-0.15, -0.1) is 0 Å². The van der Waals surface area contributed by atoms with Gasteiger partial charge in [-0.2, -0.15) is 13.2 Å². The monoisotopic (exact) mass is 317 g/mol. The molecule has 1 unspecified atom stereocenters. The number of aliphatic imine (C=N–C) groups is 1. The molecule has 1 amide bonds. The van der Waals surface area contributed by atoms with Crippen LogP contribution in [0.2, 0.25) is 0 Å².